The minimum atomic E-state index is -3.66. The van der Waals surface area contributed by atoms with Crippen LogP contribution in [-0.2, 0) is 20.0 Å². The average molecular weight is 967 g/mol. The number of rotatable bonds is 16. The third-order valence-corrected chi connectivity index (χ3v) is 13.2. The fourth-order valence-corrected chi connectivity index (χ4v) is 9.17. The summed E-state index contributed by atoms with van der Waals surface area (Å²) in [5.74, 6) is 8.34. The monoisotopic (exact) mass is 965 g/mol. The Morgan fingerprint density at radius 2 is 0.910 bits per heavy atom. The number of halogens is 1. The summed E-state index contributed by atoms with van der Waals surface area (Å²) in [4.78, 5) is 8.58. The maximum absolute atomic E-state index is 12.7. The van der Waals surface area contributed by atoms with Crippen LogP contribution >= 0.6 is 11.6 Å². The van der Waals surface area contributed by atoms with Crippen LogP contribution in [0.4, 0.5) is 40.3 Å². The predicted octanol–water partition coefficient (Wildman–Crippen LogP) is 7.60. The van der Waals surface area contributed by atoms with Gasteiger partial charge in [0.15, 0.2) is 5.82 Å². The number of nitrogens with zero attached hydrogens (tertiary/aromatic N) is 4. The summed E-state index contributed by atoms with van der Waals surface area (Å²) < 4.78 is 55.8. The van der Waals surface area contributed by atoms with Gasteiger partial charge in [0.05, 0.1) is 21.2 Å². The molecule has 7 aromatic rings. The highest BCUT2D eigenvalue weighted by atomic mass is 35.5. The molecule has 16 N–H and O–H groups in total. The molecular formula is C47H56ClN13O4S2. The zero-order chi connectivity index (χ0) is 47.7. The Kier molecular flexibility index (Phi) is 19.7. The molecule has 0 radical (unpaired) electrons. The number of hydrogen-bond donors (Lipinski definition) is 9. The van der Waals surface area contributed by atoms with E-state index in [2.05, 4.69) is 41.3 Å². The molecule has 67 heavy (non-hydrogen) atoms. The van der Waals surface area contributed by atoms with E-state index in [1.54, 1.807) is 97.1 Å². The number of aromatic nitrogens is 2. The van der Waals surface area contributed by atoms with Crippen molar-refractivity contribution < 1.29 is 16.8 Å². The maximum atomic E-state index is 12.7. The second kappa shape index (κ2) is 25.1. The fourth-order valence-electron chi connectivity index (χ4n) is 6.91. The molecule has 2 atom stereocenters. The Balaban J connectivity index is 0.000000286. The quantitative estimate of drug-likeness (QED) is 0.0256. The van der Waals surface area contributed by atoms with Gasteiger partial charge in [0.1, 0.15) is 23.1 Å². The molecule has 0 amide bonds. The van der Waals surface area contributed by atoms with Crippen LogP contribution in [0.5, 0.6) is 0 Å². The summed E-state index contributed by atoms with van der Waals surface area (Å²) >= 11 is 5.96. The minimum absolute atomic E-state index is 0. The van der Waals surface area contributed by atoms with Gasteiger partial charge in [-0.2, -0.15) is 5.11 Å². The molecule has 0 aliphatic carbocycles. The van der Waals surface area contributed by atoms with Gasteiger partial charge in [-0.1, -0.05) is 116 Å². The first-order chi connectivity index (χ1) is 31.7. The lowest BCUT2D eigenvalue weighted by atomic mass is 9.88. The standard InChI is InChI=1S/C26H25ClN6O2S.C20H23N5O2S.CH4.H4N2/c27-19-11-13-20(14-12-19)32-33-25-23(17-24(28)31-26(25)29)22(18-7-3-1-4-8-18)15-16-30-36(34,35)21-9-5-2-6-10-21;21-18-13-17(19(22)20(23)25-18)16(14-7-3-1-4-8-14)11-12-24-28(26,27)15-9-5-2-6-10-15;;1-2/h1-14,17,22,30H,15-16H2,(H4,28,29,31);1-10,13,16,24H,11-12,22H2,(H4,21,23,25);1H4;1-2H2. The van der Waals surface area contributed by atoms with Crippen molar-refractivity contribution in [3.05, 3.63) is 185 Å². The molecule has 0 saturated heterocycles. The number of azo groups is 1. The smallest absolute Gasteiger partial charge is 0.240 e. The van der Waals surface area contributed by atoms with E-state index in [0.717, 1.165) is 16.7 Å². The SMILES string of the molecule is C.NN.Nc1cc(C(CCNS(=O)(=O)c2ccccc2)c2ccccc2)c(N)c(N)n1.Nc1cc(C(CCNS(=O)(=O)c2ccccc2)c2ccccc2)c(N=Nc2ccc(Cl)cc2)c(N)n1. The van der Waals surface area contributed by atoms with Crippen LogP contribution in [0.1, 0.15) is 54.4 Å². The summed E-state index contributed by atoms with van der Waals surface area (Å²) in [5.41, 5.74) is 34.9. The van der Waals surface area contributed by atoms with E-state index < -0.39 is 20.0 Å². The minimum Gasteiger partial charge on any atom is -0.396 e. The second-order valence-electron chi connectivity index (χ2n) is 14.4. The van der Waals surface area contributed by atoms with Gasteiger partial charge in [-0.05, 0) is 95.8 Å². The number of pyridine rings is 2. The first kappa shape index (κ1) is 52.7. The molecule has 352 valence electrons. The summed E-state index contributed by atoms with van der Waals surface area (Å²) in [6.45, 7) is 0.394. The number of nitrogens with one attached hydrogen (secondary N) is 2. The van der Waals surface area contributed by atoms with E-state index >= 15 is 0 Å². The molecule has 0 saturated carbocycles. The molecule has 5 aromatic carbocycles. The lowest BCUT2D eigenvalue weighted by Gasteiger charge is -2.21. The van der Waals surface area contributed by atoms with Crippen molar-refractivity contribution in [3.63, 3.8) is 0 Å². The highest BCUT2D eigenvalue weighted by molar-refractivity contribution is 7.89. The Morgan fingerprint density at radius 3 is 1.36 bits per heavy atom. The fraction of sp³-hybridized carbons (Fsp3) is 0.149. The molecular weight excluding hydrogens is 910 g/mol. The molecule has 0 aliphatic heterocycles. The molecule has 2 aromatic heterocycles. The van der Waals surface area contributed by atoms with Gasteiger partial charge in [0, 0.05) is 29.9 Å². The van der Waals surface area contributed by atoms with E-state index in [0.29, 0.717) is 40.5 Å². The zero-order valence-corrected chi connectivity index (χ0v) is 38.0. The Bertz CT molecular complexity index is 2890. The lowest BCUT2D eigenvalue weighted by molar-refractivity contribution is 0.573. The normalized spacial score (nSPS) is 12.1. The number of anilines is 5. The van der Waals surface area contributed by atoms with E-state index in [9.17, 15) is 16.8 Å². The molecule has 0 fully saturated rings. The first-order valence-corrected chi connectivity index (χ1v) is 23.6. The molecule has 2 unspecified atom stereocenters. The van der Waals surface area contributed by atoms with Crippen molar-refractivity contribution in [2.45, 2.75) is 41.9 Å². The van der Waals surface area contributed by atoms with Crippen LogP contribution in [0.25, 0.3) is 0 Å². The van der Waals surface area contributed by atoms with Gasteiger partial charge >= 0.3 is 0 Å². The van der Waals surface area contributed by atoms with Gasteiger partial charge in [0.2, 0.25) is 20.0 Å². The molecule has 0 bridgehead atoms. The average Bonchev–Trinajstić information content (AvgIpc) is 3.32. The van der Waals surface area contributed by atoms with Crippen LogP contribution in [0.2, 0.25) is 5.02 Å². The van der Waals surface area contributed by atoms with E-state index in [1.807, 2.05) is 60.7 Å². The van der Waals surface area contributed by atoms with Crippen LogP contribution in [0, 0.1) is 0 Å². The van der Waals surface area contributed by atoms with Crippen molar-refractivity contribution in [2.24, 2.45) is 21.9 Å². The van der Waals surface area contributed by atoms with Crippen LogP contribution in [0.3, 0.4) is 0 Å². The number of sulfonamides is 2. The van der Waals surface area contributed by atoms with E-state index in [4.69, 9.17) is 40.3 Å². The molecule has 20 heteroatoms. The number of hydrogen-bond acceptors (Lipinski definition) is 15. The largest absolute Gasteiger partial charge is 0.396 e. The van der Waals surface area contributed by atoms with Gasteiger partial charge < -0.3 is 28.7 Å². The summed E-state index contributed by atoms with van der Waals surface area (Å²) in [7, 11) is -7.25. The van der Waals surface area contributed by atoms with Crippen molar-refractivity contribution in [3.8, 4) is 0 Å². The van der Waals surface area contributed by atoms with Gasteiger partial charge in [0.25, 0.3) is 0 Å². The van der Waals surface area contributed by atoms with Crippen LogP contribution < -0.4 is 49.8 Å². The van der Waals surface area contributed by atoms with Gasteiger partial charge in [-0.3, -0.25) is 11.7 Å². The molecule has 2 heterocycles. The highest BCUT2D eigenvalue weighted by Gasteiger charge is 2.24. The van der Waals surface area contributed by atoms with Gasteiger partial charge in [-0.25, -0.2) is 36.2 Å². The number of nitrogen functional groups attached to an aromatic ring is 5. The zero-order valence-electron chi connectivity index (χ0n) is 35.7. The number of hydrazine groups is 1. The van der Waals surface area contributed by atoms with Crippen molar-refractivity contribution in [1.29, 1.82) is 0 Å². The van der Waals surface area contributed by atoms with Crippen LogP contribution in [-0.4, -0.2) is 39.9 Å². The first-order valence-electron chi connectivity index (χ1n) is 20.3. The Morgan fingerprint density at radius 1 is 0.522 bits per heavy atom. The topological polar surface area (TPSA) is 325 Å². The summed E-state index contributed by atoms with van der Waals surface area (Å²) in [5, 5.41) is 9.28. The van der Waals surface area contributed by atoms with Crippen molar-refractivity contribution >= 4 is 72.0 Å². The third-order valence-electron chi connectivity index (χ3n) is 10.0. The third kappa shape index (κ3) is 14.8. The summed E-state index contributed by atoms with van der Waals surface area (Å²) in [6.07, 6.45) is 0.894. The van der Waals surface area contributed by atoms with Crippen molar-refractivity contribution in [2.75, 3.05) is 41.8 Å². The second-order valence-corrected chi connectivity index (χ2v) is 18.4. The lowest BCUT2D eigenvalue weighted by Crippen LogP contribution is -2.26. The van der Waals surface area contributed by atoms with E-state index in [1.165, 1.54) is 0 Å². The Labute approximate surface area is 397 Å². The predicted molar refractivity (Wildman–Crippen MR) is 270 cm³/mol. The summed E-state index contributed by atoms with van der Waals surface area (Å²) in [6, 6.07) is 46.1. The van der Waals surface area contributed by atoms with Crippen molar-refractivity contribution in [1.82, 2.24) is 19.4 Å². The highest BCUT2D eigenvalue weighted by Crippen LogP contribution is 2.39. The maximum Gasteiger partial charge on any atom is 0.240 e. The Hall–Kier alpha value is -6.97. The molecule has 7 rings (SSSR count). The molecule has 17 nitrogen and oxygen atoms in total. The van der Waals surface area contributed by atoms with Gasteiger partial charge in [-0.15, -0.1) is 5.11 Å². The molecule has 0 spiro atoms. The van der Waals surface area contributed by atoms with E-state index in [-0.39, 0.29) is 65.4 Å². The van der Waals surface area contributed by atoms with Crippen LogP contribution in [0.15, 0.2) is 178 Å². The number of benzene rings is 5. The molecule has 0 aliphatic rings. The number of nitrogens with two attached hydrogens (primary N) is 7.